The first kappa shape index (κ1) is 13.2. The summed E-state index contributed by atoms with van der Waals surface area (Å²) in [7, 11) is 0. The van der Waals surface area contributed by atoms with Crippen LogP contribution in [0.4, 0.5) is 5.69 Å². The van der Waals surface area contributed by atoms with Crippen LogP contribution < -0.4 is 10.5 Å². The van der Waals surface area contributed by atoms with Crippen molar-refractivity contribution in [3.8, 4) is 0 Å². The van der Waals surface area contributed by atoms with Crippen LogP contribution in [0.3, 0.4) is 0 Å². The van der Waals surface area contributed by atoms with Crippen LogP contribution in [0.15, 0.2) is 29.2 Å². The Kier molecular flexibility index (Phi) is 4.43. The van der Waals surface area contributed by atoms with Crippen molar-refractivity contribution in [1.82, 2.24) is 9.78 Å². The van der Waals surface area contributed by atoms with Crippen LogP contribution in [0.25, 0.3) is 0 Å². The Balaban J connectivity index is 2.13. The lowest BCUT2D eigenvalue weighted by Crippen LogP contribution is -2.37. The number of anilines is 1. The summed E-state index contributed by atoms with van der Waals surface area (Å²) in [4.78, 5) is 14.0. The summed E-state index contributed by atoms with van der Waals surface area (Å²) in [6.45, 7) is 7.23. The van der Waals surface area contributed by atoms with Gasteiger partial charge in [-0.3, -0.25) is 4.79 Å². The minimum absolute atomic E-state index is 0.109. The highest BCUT2D eigenvalue weighted by Crippen LogP contribution is 2.11. The maximum Gasteiger partial charge on any atom is 0.269 e. The third-order valence-corrected chi connectivity index (χ3v) is 3.28. The van der Waals surface area contributed by atoms with Gasteiger partial charge in [-0.15, -0.1) is 0 Å². The molecule has 0 radical (unpaired) electrons. The monoisotopic (exact) mass is 267 g/mol. The Bertz CT molecular complexity index is 480. The Labute approximate surface area is 111 Å². The number of thiol groups is 1. The van der Waals surface area contributed by atoms with Gasteiger partial charge in [0.1, 0.15) is 0 Å². The molecule has 0 aromatic carbocycles. The Morgan fingerprint density at radius 2 is 2.22 bits per heavy atom. The van der Waals surface area contributed by atoms with Crippen molar-refractivity contribution in [3.63, 3.8) is 0 Å². The highest BCUT2D eigenvalue weighted by molar-refractivity contribution is 7.80. The van der Waals surface area contributed by atoms with Gasteiger partial charge in [0.2, 0.25) is 0 Å². The summed E-state index contributed by atoms with van der Waals surface area (Å²) in [5, 5.41) is 4.17. The van der Waals surface area contributed by atoms with Crippen molar-refractivity contribution >= 4 is 18.3 Å². The van der Waals surface area contributed by atoms with Crippen LogP contribution in [0.2, 0.25) is 0 Å². The lowest BCUT2D eigenvalue weighted by molar-refractivity contribution is 0.122. The largest absolute Gasteiger partial charge is 0.378 e. The van der Waals surface area contributed by atoms with Crippen molar-refractivity contribution in [2.45, 2.75) is 6.54 Å². The van der Waals surface area contributed by atoms with Gasteiger partial charge in [-0.05, 0) is 5.57 Å². The van der Waals surface area contributed by atoms with E-state index in [1.807, 2.05) is 0 Å². The van der Waals surface area contributed by atoms with E-state index in [4.69, 9.17) is 4.74 Å². The highest BCUT2D eigenvalue weighted by Gasteiger charge is 2.12. The first-order valence-corrected chi connectivity index (χ1v) is 6.51. The number of hydrogen-bond donors (Lipinski definition) is 1. The van der Waals surface area contributed by atoms with E-state index in [9.17, 15) is 4.79 Å². The Morgan fingerprint density at radius 1 is 1.50 bits per heavy atom. The van der Waals surface area contributed by atoms with E-state index >= 15 is 0 Å². The molecule has 0 aliphatic carbocycles. The highest BCUT2D eigenvalue weighted by atomic mass is 32.1. The molecule has 0 atom stereocenters. The van der Waals surface area contributed by atoms with E-state index in [0.717, 1.165) is 24.4 Å². The van der Waals surface area contributed by atoms with Crippen molar-refractivity contribution in [1.29, 1.82) is 0 Å². The quantitative estimate of drug-likeness (QED) is 0.640. The fourth-order valence-electron chi connectivity index (χ4n) is 1.80. The zero-order valence-corrected chi connectivity index (χ0v) is 11.1. The third kappa shape index (κ3) is 3.14. The first-order valence-electron chi connectivity index (χ1n) is 5.88. The lowest BCUT2D eigenvalue weighted by Gasteiger charge is -2.28. The maximum absolute atomic E-state index is 11.9. The minimum Gasteiger partial charge on any atom is -0.378 e. The van der Waals surface area contributed by atoms with E-state index in [2.05, 4.69) is 29.2 Å². The van der Waals surface area contributed by atoms with E-state index in [-0.39, 0.29) is 5.56 Å². The molecule has 6 heteroatoms. The van der Waals surface area contributed by atoms with Gasteiger partial charge in [-0.25, -0.2) is 4.68 Å². The fourth-order valence-corrected chi connectivity index (χ4v) is 1.90. The molecule has 2 rings (SSSR count). The number of morpholine rings is 1. The van der Waals surface area contributed by atoms with Crippen LogP contribution in [-0.4, -0.2) is 41.8 Å². The maximum atomic E-state index is 11.9. The van der Waals surface area contributed by atoms with Gasteiger partial charge in [0.15, 0.2) is 0 Å². The number of ether oxygens (including phenoxy) is 1. The molecule has 1 aromatic rings. The Morgan fingerprint density at radius 3 is 2.83 bits per heavy atom. The molecule has 5 nitrogen and oxygen atoms in total. The molecule has 18 heavy (non-hydrogen) atoms. The molecule has 0 N–H and O–H groups in total. The van der Waals surface area contributed by atoms with Crippen LogP contribution in [0, 0.1) is 0 Å². The van der Waals surface area contributed by atoms with Gasteiger partial charge in [0, 0.05) is 24.9 Å². The molecular formula is C12H17N3O2S. The zero-order chi connectivity index (χ0) is 13.0. The van der Waals surface area contributed by atoms with Gasteiger partial charge in [-0.1, -0.05) is 6.58 Å². The number of hydrogen-bond acceptors (Lipinski definition) is 5. The molecule has 0 bridgehead atoms. The Hall–Kier alpha value is -1.27. The number of aromatic nitrogens is 2. The van der Waals surface area contributed by atoms with Crippen molar-refractivity contribution < 1.29 is 4.74 Å². The molecule has 1 aromatic heterocycles. The minimum atomic E-state index is -0.109. The molecule has 1 aliphatic rings. The second-order valence-corrected chi connectivity index (χ2v) is 4.53. The molecule has 0 saturated carbocycles. The van der Waals surface area contributed by atoms with Crippen molar-refractivity contribution in [2.24, 2.45) is 0 Å². The van der Waals surface area contributed by atoms with Crippen LogP contribution in [-0.2, 0) is 11.3 Å². The van der Waals surface area contributed by atoms with Gasteiger partial charge < -0.3 is 9.64 Å². The predicted molar refractivity (Wildman–Crippen MR) is 74.5 cm³/mol. The average molecular weight is 267 g/mol. The van der Waals surface area contributed by atoms with Crippen LogP contribution in [0.5, 0.6) is 0 Å². The lowest BCUT2D eigenvalue weighted by atomic mass is 10.3. The van der Waals surface area contributed by atoms with Gasteiger partial charge in [0.25, 0.3) is 5.56 Å². The predicted octanol–water partition coefficient (Wildman–Crippen LogP) is 0.566. The molecule has 1 saturated heterocycles. The molecule has 1 fully saturated rings. The number of nitrogens with zero attached hydrogens (tertiary/aromatic N) is 3. The standard InChI is InChI=1S/C12H17N3O2S/c1-10(9-18)8-15-12(16)6-11(7-13-15)14-2-4-17-5-3-14/h6-7,18H,1-5,8-9H2. The molecule has 0 unspecified atom stereocenters. The summed E-state index contributed by atoms with van der Waals surface area (Å²) in [6.07, 6.45) is 1.72. The summed E-state index contributed by atoms with van der Waals surface area (Å²) in [5.41, 5.74) is 1.62. The summed E-state index contributed by atoms with van der Waals surface area (Å²) >= 11 is 4.12. The molecule has 0 amide bonds. The van der Waals surface area contributed by atoms with Gasteiger partial charge >= 0.3 is 0 Å². The fraction of sp³-hybridized carbons (Fsp3) is 0.500. The molecular weight excluding hydrogens is 250 g/mol. The van der Waals surface area contributed by atoms with Crippen LogP contribution in [0.1, 0.15) is 0 Å². The third-order valence-electron chi connectivity index (χ3n) is 2.83. The number of rotatable bonds is 4. The summed E-state index contributed by atoms with van der Waals surface area (Å²) in [5.74, 6) is 0.555. The first-order chi connectivity index (χ1) is 8.70. The summed E-state index contributed by atoms with van der Waals surface area (Å²) < 4.78 is 6.68. The van der Waals surface area contributed by atoms with E-state index in [1.54, 1.807) is 12.3 Å². The van der Waals surface area contributed by atoms with Crippen molar-refractivity contribution in [2.75, 3.05) is 37.0 Å². The van der Waals surface area contributed by atoms with Crippen LogP contribution >= 0.6 is 12.6 Å². The molecule has 0 spiro atoms. The van der Waals surface area contributed by atoms with E-state index < -0.39 is 0 Å². The normalized spacial score (nSPS) is 15.7. The van der Waals surface area contributed by atoms with Gasteiger partial charge in [-0.2, -0.15) is 17.7 Å². The SMILES string of the molecule is C=C(CS)Cn1ncc(N2CCOCC2)cc1=O. The molecule has 98 valence electrons. The molecule has 2 heterocycles. The average Bonchev–Trinajstić information content (AvgIpc) is 2.42. The van der Waals surface area contributed by atoms with E-state index in [0.29, 0.717) is 25.5 Å². The topological polar surface area (TPSA) is 47.4 Å². The second-order valence-electron chi connectivity index (χ2n) is 4.22. The summed E-state index contributed by atoms with van der Waals surface area (Å²) in [6, 6.07) is 1.62. The molecule has 1 aliphatic heterocycles. The zero-order valence-electron chi connectivity index (χ0n) is 10.2. The van der Waals surface area contributed by atoms with E-state index in [1.165, 1.54) is 4.68 Å². The van der Waals surface area contributed by atoms with Gasteiger partial charge in [0.05, 0.1) is 31.6 Å². The second kappa shape index (κ2) is 6.06. The van der Waals surface area contributed by atoms with Crippen molar-refractivity contribution in [3.05, 3.63) is 34.8 Å². The smallest absolute Gasteiger partial charge is 0.269 e.